The van der Waals surface area contributed by atoms with Crippen molar-refractivity contribution in [3.8, 4) is 11.1 Å². The Balaban J connectivity index is 1.85. The van der Waals surface area contributed by atoms with Gasteiger partial charge in [-0.3, -0.25) is 0 Å². The average Bonchev–Trinajstić information content (AvgIpc) is 3.56. The minimum absolute atomic E-state index is 0.0942. The number of allylic oxidation sites excluding steroid dienone is 6. The molecule has 0 heterocycles. The molecule has 0 bridgehead atoms. The maximum absolute atomic E-state index is 5.02. The number of hydrogen-bond acceptors (Lipinski definition) is 0. The van der Waals surface area contributed by atoms with Crippen molar-refractivity contribution in [2.75, 3.05) is 0 Å². The van der Waals surface area contributed by atoms with E-state index in [4.69, 9.17) is 6.58 Å². The molecule has 2 aliphatic carbocycles. The average molecular weight is 693 g/mol. The molecule has 0 saturated heterocycles. The molecule has 1 unspecified atom stereocenters. The van der Waals surface area contributed by atoms with Crippen molar-refractivity contribution in [2.24, 2.45) is 0 Å². The first-order valence-corrected chi connectivity index (χ1v) is 23.4. The van der Waals surface area contributed by atoms with Crippen LogP contribution < -0.4 is 0 Å². The first-order chi connectivity index (χ1) is 19.0. The van der Waals surface area contributed by atoms with Crippen LogP contribution in [0.5, 0.6) is 0 Å². The maximum atomic E-state index is 5.02. The van der Waals surface area contributed by atoms with E-state index in [0.717, 1.165) is 17.0 Å². The van der Waals surface area contributed by atoms with E-state index in [1.807, 2.05) is 0 Å². The molecule has 0 saturated carbocycles. The summed E-state index contributed by atoms with van der Waals surface area (Å²) in [6.07, 6.45) is 13.7. The van der Waals surface area contributed by atoms with Crippen LogP contribution in [0.15, 0.2) is 114 Å². The van der Waals surface area contributed by atoms with E-state index >= 15 is 0 Å². The van der Waals surface area contributed by atoms with Crippen molar-refractivity contribution in [3.63, 3.8) is 0 Å². The monoisotopic (exact) mass is 694 g/mol. The van der Waals surface area contributed by atoms with Crippen LogP contribution >= 0.6 is 0 Å². The Morgan fingerprint density at radius 1 is 0.775 bits per heavy atom. The number of fused-ring (bicyclic) bond motifs is 3. The summed E-state index contributed by atoms with van der Waals surface area (Å²) in [5.41, 5.74) is 10.5. The standard InChI is InChI=1S/C21H25.C7H7.C6H9.C5H5.Hf/c1-20(2,3)16-7-9-18-14(12-16)11-15-13-17(21(4,5)6)8-10-19(15)18;1-7-5-3-2-4-6-7;1-3-5-6-4-2;1-2-4-5-3-1;/h7-13H,1-6H3;2-6H,1H2;3H,1-2,5-6H2;1-5H;. The zero-order valence-corrected chi connectivity index (χ0v) is 29.0. The fourth-order valence-corrected chi connectivity index (χ4v) is 28.4. The molecule has 0 aromatic heterocycles. The second-order valence-corrected chi connectivity index (χ2v) is 29.7. The molecule has 0 radical (unpaired) electrons. The van der Waals surface area contributed by atoms with Crippen LogP contribution in [0.3, 0.4) is 0 Å². The molecule has 3 aromatic rings. The number of hydrogen-bond donors (Lipinski definition) is 0. The van der Waals surface area contributed by atoms with E-state index in [2.05, 4.69) is 145 Å². The van der Waals surface area contributed by atoms with Gasteiger partial charge in [0.2, 0.25) is 0 Å². The van der Waals surface area contributed by atoms with Crippen molar-refractivity contribution in [2.45, 2.75) is 76.7 Å². The van der Waals surface area contributed by atoms with E-state index < -0.39 is 20.0 Å². The van der Waals surface area contributed by atoms with Crippen LogP contribution in [0.4, 0.5) is 0 Å². The molecule has 1 atom stereocenters. The third-order valence-electron chi connectivity index (χ3n) is 9.25. The van der Waals surface area contributed by atoms with Gasteiger partial charge in [0, 0.05) is 0 Å². The van der Waals surface area contributed by atoms with Crippen molar-refractivity contribution in [1.29, 1.82) is 0 Å². The van der Waals surface area contributed by atoms with Gasteiger partial charge in [-0.1, -0.05) is 0 Å². The third-order valence-corrected chi connectivity index (χ3v) is 30.0. The Labute approximate surface area is 248 Å². The van der Waals surface area contributed by atoms with Gasteiger partial charge >= 0.3 is 249 Å². The fourth-order valence-electron chi connectivity index (χ4n) is 6.94. The number of rotatable bonds is 8. The predicted octanol–water partition coefficient (Wildman–Crippen LogP) is 11.1. The zero-order valence-electron chi connectivity index (χ0n) is 25.4. The fraction of sp³-hybridized carbons (Fsp3) is 0.333. The second-order valence-electron chi connectivity index (χ2n) is 14.0. The third kappa shape index (κ3) is 5.27. The van der Waals surface area contributed by atoms with Gasteiger partial charge in [0.25, 0.3) is 0 Å². The van der Waals surface area contributed by atoms with Crippen LogP contribution in [0.2, 0.25) is 3.67 Å². The Bertz CT molecular complexity index is 1400. The zero-order chi connectivity index (χ0) is 28.7. The van der Waals surface area contributed by atoms with Gasteiger partial charge in [0.15, 0.2) is 0 Å². The summed E-state index contributed by atoms with van der Waals surface area (Å²) in [6.45, 7) is 23.2. The van der Waals surface area contributed by atoms with E-state index in [9.17, 15) is 0 Å². The van der Waals surface area contributed by atoms with Crippen molar-refractivity contribution >= 4 is 0 Å². The topological polar surface area (TPSA) is 0 Å². The molecule has 40 heavy (non-hydrogen) atoms. The predicted molar refractivity (Wildman–Crippen MR) is 172 cm³/mol. The summed E-state index contributed by atoms with van der Waals surface area (Å²) in [6, 6.07) is 26.1. The molecule has 0 aliphatic heterocycles. The summed E-state index contributed by atoms with van der Waals surface area (Å²) >= 11 is -3.70. The second kappa shape index (κ2) is 11.1. The summed E-state index contributed by atoms with van der Waals surface area (Å²) in [4.78, 5) is 0. The molecule has 0 N–H and O–H groups in total. The summed E-state index contributed by atoms with van der Waals surface area (Å²) in [5.74, 6) is 0. The molecular formula is C39H46Hf. The van der Waals surface area contributed by atoms with Crippen LogP contribution in [0.1, 0.15) is 85.9 Å². The van der Waals surface area contributed by atoms with Crippen LogP contribution in [0, 0.1) is 0 Å². The summed E-state index contributed by atoms with van der Waals surface area (Å²) in [5, 5.41) is 0. The van der Waals surface area contributed by atoms with E-state index in [0.29, 0.717) is 7.35 Å². The molecular weight excluding hydrogens is 647 g/mol. The van der Waals surface area contributed by atoms with E-state index in [1.54, 1.807) is 14.5 Å². The van der Waals surface area contributed by atoms with Gasteiger partial charge in [-0.2, -0.15) is 0 Å². The molecule has 5 rings (SSSR count). The minimum atomic E-state index is -3.70. The molecule has 206 valence electrons. The Kier molecular flexibility index (Phi) is 8.01. The number of benzene rings is 3. The molecule has 3 aromatic carbocycles. The summed E-state index contributed by atoms with van der Waals surface area (Å²) in [7, 11) is 0. The van der Waals surface area contributed by atoms with Crippen molar-refractivity contribution < 1.29 is 20.0 Å². The molecule has 0 fully saturated rings. The molecule has 0 nitrogen and oxygen atoms in total. The Hall–Kier alpha value is -2.51. The van der Waals surface area contributed by atoms with Gasteiger partial charge in [-0.25, -0.2) is 0 Å². The van der Waals surface area contributed by atoms with Gasteiger partial charge in [-0.05, 0) is 0 Å². The first-order valence-electron chi connectivity index (χ1n) is 14.9. The van der Waals surface area contributed by atoms with Crippen LogP contribution in [-0.4, -0.2) is 0 Å². The molecule has 2 aliphatic rings. The molecule has 0 amide bonds. The van der Waals surface area contributed by atoms with Crippen molar-refractivity contribution in [1.82, 2.24) is 0 Å². The van der Waals surface area contributed by atoms with Gasteiger partial charge in [0.1, 0.15) is 0 Å². The molecule has 0 spiro atoms. The van der Waals surface area contributed by atoms with Gasteiger partial charge < -0.3 is 0 Å². The normalized spacial score (nSPS) is 16.6. The quantitative estimate of drug-likeness (QED) is 0.163. The SMILES string of the molecule is C=CCC[C](=C)[Hf]([CH2]c1ccccc1)([CH]1C=CC=C1)[CH]1c2cc(C(C)(C)C)ccc2-c2ccc(C(C)(C)C)cc21. The van der Waals surface area contributed by atoms with Gasteiger partial charge in [-0.15, -0.1) is 0 Å². The summed E-state index contributed by atoms with van der Waals surface area (Å²) < 4.78 is 3.60. The van der Waals surface area contributed by atoms with E-state index in [-0.39, 0.29) is 10.8 Å². The van der Waals surface area contributed by atoms with Gasteiger partial charge in [0.05, 0.1) is 0 Å². The van der Waals surface area contributed by atoms with Crippen LogP contribution in [0.25, 0.3) is 11.1 Å². The van der Waals surface area contributed by atoms with E-state index in [1.165, 1.54) is 27.8 Å². The Morgan fingerprint density at radius 3 is 1.77 bits per heavy atom. The first kappa shape index (κ1) is 29.0. The van der Waals surface area contributed by atoms with Crippen molar-refractivity contribution in [3.05, 3.63) is 141 Å². The van der Waals surface area contributed by atoms with Crippen LogP contribution in [-0.2, 0) is 35.0 Å². The Morgan fingerprint density at radius 2 is 1.30 bits per heavy atom. The molecule has 1 heteroatoms.